The van der Waals surface area contributed by atoms with E-state index in [2.05, 4.69) is 0 Å². The van der Waals surface area contributed by atoms with Crippen LogP contribution < -0.4 is 4.90 Å². The van der Waals surface area contributed by atoms with Crippen LogP contribution in [-0.4, -0.2) is 46.9 Å². The fourth-order valence-electron chi connectivity index (χ4n) is 2.44. The Morgan fingerprint density at radius 1 is 1.21 bits per heavy atom. The molecule has 0 aromatic heterocycles. The van der Waals surface area contributed by atoms with Gasteiger partial charge in [0.15, 0.2) is 0 Å². The zero-order chi connectivity index (χ0) is 17.5. The Hall–Kier alpha value is -1.07. The van der Waals surface area contributed by atoms with Crippen LogP contribution in [0.4, 0.5) is 5.69 Å². The van der Waals surface area contributed by atoms with Crippen molar-refractivity contribution in [2.45, 2.75) is 11.8 Å². The summed E-state index contributed by atoms with van der Waals surface area (Å²) in [6.45, 7) is 2.48. The standard InChI is InChI=1S/C14H14N2O4S4/c1-2-15-9-5-3-4-6-10(9)22-13(15)11-12(17)16(14(21)23-11)7-8-24(18,19)20/h3-6H,2,7-8H2,1H3,(H,18,19,20)/p-1/b13-11+. The molecule has 128 valence electrons. The molecule has 2 aliphatic heterocycles. The molecule has 1 saturated heterocycles. The molecule has 10 heteroatoms. The average molecular weight is 402 g/mol. The average Bonchev–Trinajstić information content (AvgIpc) is 3.02. The molecular formula is C14H13N2O4S4-. The summed E-state index contributed by atoms with van der Waals surface area (Å²) >= 11 is 7.83. The molecule has 0 spiro atoms. The van der Waals surface area contributed by atoms with Gasteiger partial charge in [-0.2, -0.15) is 0 Å². The van der Waals surface area contributed by atoms with E-state index in [-0.39, 0.29) is 16.8 Å². The van der Waals surface area contributed by atoms with Crippen molar-refractivity contribution in [1.82, 2.24) is 4.90 Å². The number of anilines is 1. The monoisotopic (exact) mass is 401 g/mol. The van der Waals surface area contributed by atoms with Crippen molar-refractivity contribution in [3.63, 3.8) is 0 Å². The Bertz CT molecular complexity index is 850. The summed E-state index contributed by atoms with van der Waals surface area (Å²) < 4.78 is 32.7. The zero-order valence-electron chi connectivity index (χ0n) is 12.6. The molecule has 6 nitrogen and oxygen atoms in total. The van der Waals surface area contributed by atoms with Gasteiger partial charge in [-0.15, -0.1) is 0 Å². The van der Waals surface area contributed by atoms with E-state index in [1.807, 2.05) is 36.1 Å². The van der Waals surface area contributed by atoms with Crippen LogP contribution in [0.1, 0.15) is 6.92 Å². The third-order valence-electron chi connectivity index (χ3n) is 3.53. The van der Waals surface area contributed by atoms with Crippen molar-refractivity contribution in [3.8, 4) is 0 Å². The molecule has 1 aromatic carbocycles. The SMILES string of the molecule is CCN1/C(=C2\SC(=S)N(CCS(=O)(=O)[O-])C2=O)Sc2ccccc21. The molecule has 0 bridgehead atoms. The summed E-state index contributed by atoms with van der Waals surface area (Å²) in [5.74, 6) is -0.991. The molecule has 1 amide bonds. The zero-order valence-corrected chi connectivity index (χ0v) is 15.9. The summed E-state index contributed by atoms with van der Waals surface area (Å²) in [6, 6.07) is 7.85. The highest BCUT2D eigenvalue weighted by Crippen LogP contribution is 2.50. The summed E-state index contributed by atoms with van der Waals surface area (Å²) in [6.07, 6.45) is 0. The van der Waals surface area contributed by atoms with Crippen molar-refractivity contribution in [1.29, 1.82) is 0 Å². The highest BCUT2D eigenvalue weighted by molar-refractivity contribution is 8.27. The van der Waals surface area contributed by atoms with E-state index in [9.17, 15) is 17.8 Å². The molecule has 2 aliphatic rings. The van der Waals surface area contributed by atoms with Crippen molar-refractivity contribution >= 4 is 61.8 Å². The van der Waals surface area contributed by atoms with E-state index in [1.54, 1.807) is 0 Å². The number of thioether (sulfide) groups is 2. The van der Waals surface area contributed by atoms with Gasteiger partial charge in [-0.1, -0.05) is 47.9 Å². The molecule has 1 aromatic rings. The number of nitrogens with zero attached hydrogens (tertiary/aromatic N) is 2. The first-order valence-electron chi connectivity index (χ1n) is 7.07. The molecule has 0 atom stereocenters. The van der Waals surface area contributed by atoms with Crippen molar-refractivity contribution < 1.29 is 17.8 Å². The predicted octanol–water partition coefficient (Wildman–Crippen LogP) is 2.19. The highest BCUT2D eigenvalue weighted by atomic mass is 32.2. The van der Waals surface area contributed by atoms with Crippen LogP contribution in [0.2, 0.25) is 0 Å². The molecule has 3 rings (SSSR count). The van der Waals surface area contributed by atoms with Crippen LogP contribution in [-0.2, 0) is 14.9 Å². The first kappa shape index (κ1) is 17.7. The quantitative estimate of drug-likeness (QED) is 0.431. The topological polar surface area (TPSA) is 80.8 Å². The molecule has 2 heterocycles. The minimum Gasteiger partial charge on any atom is -0.748 e. The second kappa shape index (κ2) is 6.68. The second-order valence-corrected chi connectivity index (χ2v) is 9.23. The van der Waals surface area contributed by atoms with Crippen LogP contribution in [0.5, 0.6) is 0 Å². The summed E-state index contributed by atoms with van der Waals surface area (Å²) in [7, 11) is -4.40. The molecule has 24 heavy (non-hydrogen) atoms. The lowest BCUT2D eigenvalue weighted by molar-refractivity contribution is -0.122. The number of hydrogen-bond donors (Lipinski definition) is 0. The number of carbonyl (C=O) groups excluding carboxylic acids is 1. The first-order chi connectivity index (χ1) is 11.3. The van der Waals surface area contributed by atoms with Crippen molar-refractivity contribution in [2.24, 2.45) is 0 Å². The number of benzene rings is 1. The number of rotatable bonds is 4. The molecule has 0 N–H and O–H groups in total. The third kappa shape index (κ3) is 3.33. The lowest BCUT2D eigenvalue weighted by atomic mass is 10.3. The molecule has 0 aliphatic carbocycles. The van der Waals surface area contributed by atoms with E-state index >= 15 is 0 Å². The van der Waals surface area contributed by atoms with E-state index in [4.69, 9.17) is 12.2 Å². The maximum atomic E-state index is 12.7. The third-order valence-corrected chi connectivity index (χ3v) is 6.96. The maximum Gasteiger partial charge on any atom is 0.268 e. The largest absolute Gasteiger partial charge is 0.748 e. The lowest BCUT2D eigenvalue weighted by Gasteiger charge is -2.19. The maximum absolute atomic E-state index is 12.7. The van der Waals surface area contributed by atoms with Gasteiger partial charge in [-0.05, 0) is 19.1 Å². The first-order valence-corrected chi connectivity index (χ1v) is 10.7. The molecule has 0 unspecified atom stereocenters. The highest BCUT2D eigenvalue weighted by Gasteiger charge is 2.38. The molecule has 0 radical (unpaired) electrons. The Morgan fingerprint density at radius 3 is 2.58 bits per heavy atom. The van der Waals surface area contributed by atoms with E-state index in [0.29, 0.717) is 11.4 Å². The number of thiocarbonyl (C=S) groups is 1. The number of para-hydroxylation sites is 1. The Kier molecular flexibility index (Phi) is 4.94. The van der Waals surface area contributed by atoms with Crippen LogP contribution >= 0.6 is 35.7 Å². The van der Waals surface area contributed by atoms with Crippen LogP contribution in [0.15, 0.2) is 39.1 Å². The predicted molar refractivity (Wildman–Crippen MR) is 98.8 cm³/mol. The van der Waals surface area contributed by atoms with Gasteiger partial charge in [-0.3, -0.25) is 9.69 Å². The minimum absolute atomic E-state index is 0.211. The van der Waals surface area contributed by atoms with Crippen LogP contribution in [0.3, 0.4) is 0 Å². The summed E-state index contributed by atoms with van der Waals surface area (Å²) in [5.41, 5.74) is 1.03. The van der Waals surface area contributed by atoms with Gasteiger partial charge < -0.3 is 9.45 Å². The van der Waals surface area contributed by atoms with Gasteiger partial charge >= 0.3 is 0 Å². The number of hydrogen-bond acceptors (Lipinski definition) is 8. The van der Waals surface area contributed by atoms with E-state index in [0.717, 1.165) is 27.4 Å². The number of amides is 1. The van der Waals surface area contributed by atoms with Crippen LogP contribution in [0, 0.1) is 0 Å². The lowest BCUT2D eigenvalue weighted by Crippen LogP contribution is -2.33. The fourth-order valence-corrected chi connectivity index (χ4v) is 5.53. The minimum atomic E-state index is -4.40. The van der Waals surface area contributed by atoms with Crippen molar-refractivity contribution in [3.05, 3.63) is 34.2 Å². The molecule has 1 fully saturated rings. The van der Waals surface area contributed by atoms with Gasteiger partial charge in [0.1, 0.15) is 14.3 Å². The van der Waals surface area contributed by atoms with Gasteiger partial charge in [0.2, 0.25) is 0 Å². The number of fused-ring (bicyclic) bond motifs is 1. The van der Waals surface area contributed by atoms with Gasteiger partial charge in [0.05, 0.1) is 21.6 Å². The molecular weight excluding hydrogens is 388 g/mol. The van der Waals surface area contributed by atoms with Gasteiger partial charge in [-0.25, -0.2) is 8.42 Å². The smallest absolute Gasteiger partial charge is 0.268 e. The van der Waals surface area contributed by atoms with Gasteiger partial charge in [0, 0.05) is 18.0 Å². The summed E-state index contributed by atoms with van der Waals surface area (Å²) in [4.78, 5) is 17.4. The van der Waals surface area contributed by atoms with Crippen molar-refractivity contribution in [2.75, 3.05) is 23.7 Å². The Labute approximate surface area is 154 Å². The number of carbonyl (C=O) groups is 1. The van der Waals surface area contributed by atoms with E-state index < -0.39 is 15.9 Å². The molecule has 0 saturated carbocycles. The Balaban J connectivity index is 1.91. The Morgan fingerprint density at radius 2 is 1.92 bits per heavy atom. The summed E-state index contributed by atoms with van der Waals surface area (Å²) in [5, 5.41) is 0.795. The van der Waals surface area contributed by atoms with Gasteiger partial charge in [0.25, 0.3) is 5.91 Å². The second-order valence-electron chi connectivity index (χ2n) is 5.03. The fraction of sp³-hybridized carbons (Fsp3) is 0.286. The van der Waals surface area contributed by atoms with E-state index in [1.165, 1.54) is 16.7 Å². The van der Waals surface area contributed by atoms with Crippen LogP contribution in [0.25, 0.3) is 0 Å². The normalized spacial score (nSPS) is 20.9.